The predicted octanol–water partition coefficient (Wildman–Crippen LogP) is 2.76. The zero-order chi connectivity index (χ0) is 21.3. The monoisotopic (exact) mass is 424 g/mol. The van der Waals surface area contributed by atoms with E-state index in [0.717, 1.165) is 29.1 Å². The number of carbonyl (C=O) groups is 1. The summed E-state index contributed by atoms with van der Waals surface area (Å²) in [5, 5.41) is 16.1. The Balaban J connectivity index is 1.44. The number of rotatable bonds is 5. The van der Waals surface area contributed by atoms with Gasteiger partial charge in [-0.3, -0.25) is 9.48 Å². The molecule has 156 valence electrons. The van der Waals surface area contributed by atoms with Crippen molar-refractivity contribution in [2.24, 2.45) is 7.05 Å². The Morgan fingerprint density at radius 3 is 2.83 bits per heavy atom. The van der Waals surface area contributed by atoms with Crippen molar-refractivity contribution in [2.75, 3.05) is 18.4 Å². The number of carbonyl (C=O) groups excluding carboxylic acids is 1. The zero-order valence-electron chi connectivity index (χ0n) is 17.5. The second-order valence-electron chi connectivity index (χ2n) is 7.41. The lowest BCUT2D eigenvalue weighted by Crippen LogP contribution is -2.26. The average molecular weight is 425 g/mol. The molecule has 1 aliphatic rings. The molecular formula is C20H24N8OS. The average Bonchev–Trinajstić information content (AvgIpc) is 3.43. The maximum Gasteiger partial charge on any atom is 0.246 e. The Hall–Kier alpha value is -3.14. The van der Waals surface area contributed by atoms with Gasteiger partial charge < -0.3 is 10.2 Å². The molecular weight excluding hydrogens is 400 g/mol. The minimum atomic E-state index is 0.0122. The molecule has 0 unspecified atom stereocenters. The van der Waals surface area contributed by atoms with Gasteiger partial charge in [0.25, 0.3) is 0 Å². The molecule has 1 amide bonds. The van der Waals surface area contributed by atoms with Gasteiger partial charge in [0.2, 0.25) is 11.0 Å². The van der Waals surface area contributed by atoms with E-state index in [1.807, 2.05) is 49.5 Å². The lowest BCUT2D eigenvalue weighted by atomic mass is 10.0. The fourth-order valence-electron chi connectivity index (χ4n) is 3.69. The first-order valence-electron chi connectivity index (χ1n) is 9.76. The highest BCUT2D eigenvalue weighted by Crippen LogP contribution is 2.28. The first-order chi connectivity index (χ1) is 14.4. The first kappa shape index (κ1) is 20.1. The summed E-state index contributed by atoms with van der Waals surface area (Å²) >= 11 is 1.41. The van der Waals surface area contributed by atoms with E-state index in [9.17, 15) is 4.79 Å². The van der Waals surface area contributed by atoms with E-state index in [1.165, 1.54) is 11.3 Å². The molecule has 30 heavy (non-hydrogen) atoms. The molecule has 1 aliphatic heterocycles. The SMILES string of the molecule is Cc1nc(Nc2nncs2)cc([C@H]2CCN(C(=O)/C=C/c3c(C)nn(C)c3C)C2)n1. The number of nitrogens with zero attached hydrogens (tertiary/aromatic N) is 7. The van der Waals surface area contributed by atoms with Crippen molar-refractivity contribution >= 4 is 34.3 Å². The van der Waals surface area contributed by atoms with Crippen molar-refractivity contribution in [2.45, 2.75) is 33.1 Å². The predicted molar refractivity (Wildman–Crippen MR) is 116 cm³/mol. The summed E-state index contributed by atoms with van der Waals surface area (Å²) in [7, 11) is 1.91. The van der Waals surface area contributed by atoms with Crippen LogP contribution in [0, 0.1) is 20.8 Å². The summed E-state index contributed by atoms with van der Waals surface area (Å²) in [6.45, 7) is 7.17. The Morgan fingerprint density at radius 1 is 1.30 bits per heavy atom. The van der Waals surface area contributed by atoms with Gasteiger partial charge in [-0.05, 0) is 33.3 Å². The standard InChI is InChI=1S/C20H24N8OS/c1-12-16(13(2)27(4)26-12)5-6-19(29)28-8-7-15(10-28)17-9-18(23-14(3)22-17)24-20-25-21-11-30-20/h5-6,9,11,15H,7-8,10H2,1-4H3,(H,22,23,24,25)/b6-5+/t15-/m0/s1. The van der Waals surface area contributed by atoms with Gasteiger partial charge in [-0.2, -0.15) is 5.10 Å². The number of likely N-dealkylation sites (tertiary alicyclic amines) is 1. The molecule has 4 rings (SSSR count). The van der Waals surface area contributed by atoms with Crippen LogP contribution >= 0.6 is 11.3 Å². The summed E-state index contributed by atoms with van der Waals surface area (Å²) in [6, 6.07) is 1.94. The molecule has 0 aromatic carbocycles. The largest absolute Gasteiger partial charge is 0.338 e. The van der Waals surface area contributed by atoms with E-state index in [0.29, 0.717) is 29.9 Å². The van der Waals surface area contributed by atoms with Gasteiger partial charge in [0.05, 0.1) is 11.4 Å². The summed E-state index contributed by atoms with van der Waals surface area (Å²) in [5.41, 5.74) is 5.57. The van der Waals surface area contributed by atoms with Crippen LogP contribution in [0.1, 0.15) is 40.8 Å². The van der Waals surface area contributed by atoms with Crippen LogP contribution in [0.25, 0.3) is 6.08 Å². The van der Waals surface area contributed by atoms with E-state index in [-0.39, 0.29) is 11.8 Å². The summed E-state index contributed by atoms with van der Waals surface area (Å²) in [4.78, 5) is 23.6. The van der Waals surface area contributed by atoms with Gasteiger partial charge in [0, 0.05) is 49.5 Å². The third-order valence-corrected chi connectivity index (χ3v) is 5.94. The lowest BCUT2D eigenvalue weighted by molar-refractivity contribution is -0.124. The molecule has 9 nitrogen and oxygen atoms in total. The highest BCUT2D eigenvalue weighted by Gasteiger charge is 2.28. The van der Waals surface area contributed by atoms with Crippen LogP contribution in [0.4, 0.5) is 10.9 Å². The Bertz CT molecular complexity index is 1090. The van der Waals surface area contributed by atoms with Gasteiger partial charge in [0.1, 0.15) is 17.2 Å². The van der Waals surface area contributed by atoms with Crippen LogP contribution in [0.2, 0.25) is 0 Å². The smallest absolute Gasteiger partial charge is 0.246 e. The van der Waals surface area contributed by atoms with Crippen molar-refractivity contribution in [3.8, 4) is 0 Å². The molecule has 1 atom stereocenters. The van der Waals surface area contributed by atoms with E-state index in [1.54, 1.807) is 11.6 Å². The van der Waals surface area contributed by atoms with Crippen LogP contribution in [-0.2, 0) is 11.8 Å². The zero-order valence-corrected chi connectivity index (χ0v) is 18.3. The normalized spacial score (nSPS) is 16.5. The van der Waals surface area contributed by atoms with Crippen LogP contribution in [0.3, 0.4) is 0 Å². The number of aryl methyl sites for hydroxylation is 3. The fourth-order valence-corrected chi connectivity index (χ4v) is 4.15. The molecule has 0 aliphatic carbocycles. The van der Waals surface area contributed by atoms with Crippen LogP contribution in [0.15, 0.2) is 17.7 Å². The van der Waals surface area contributed by atoms with Gasteiger partial charge in [-0.15, -0.1) is 10.2 Å². The van der Waals surface area contributed by atoms with E-state index < -0.39 is 0 Å². The van der Waals surface area contributed by atoms with Crippen molar-refractivity contribution in [1.29, 1.82) is 0 Å². The molecule has 0 bridgehead atoms. The maximum atomic E-state index is 12.7. The van der Waals surface area contributed by atoms with Gasteiger partial charge in [-0.25, -0.2) is 9.97 Å². The fraction of sp³-hybridized carbons (Fsp3) is 0.400. The van der Waals surface area contributed by atoms with Crippen LogP contribution in [0.5, 0.6) is 0 Å². The minimum Gasteiger partial charge on any atom is -0.338 e. The van der Waals surface area contributed by atoms with Crippen molar-refractivity contribution in [3.05, 3.63) is 46.1 Å². The first-order valence-corrected chi connectivity index (χ1v) is 10.6. The third-order valence-electron chi connectivity index (χ3n) is 5.33. The Kier molecular flexibility index (Phi) is 5.58. The molecule has 3 aromatic rings. The third kappa shape index (κ3) is 4.23. The van der Waals surface area contributed by atoms with E-state index in [4.69, 9.17) is 0 Å². The number of nitrogens with one attached hydrogen (secondary N) is 1. The van der Waals surface area contributed by atoms with E-state index >= 15 is 0 Å². The van der Waals surface area contributed by atoms with Gasteiger partial charge >= 0.3 is 0 Å². The second-order valence-corrected chi connectivity index (χ2v) is 8.24. The quantitative estimate of drug-likeness (QED) is 0.628. The van der Waals surface area contributed by atoms with Crippen LogP contribution in [-0.4, -0.2) is 53.8 Å². The number of aromatic nitrogens is 6. The molecule has 1 N–H and O–H groups in total. The number of amides is 1. The molecule has 0 radical (unpaired) electrons. The van der Waals surface area contributed by atoms with Gasteiger partial charge in [-0.1, -0.05) is 11.3 Å². The molecule has 0 spiro atoms. The summed E-state index contributed by atoms with van der Waals surface area (Å²) < 4.78 is 1.83. The number of hydrogen-bond donors (Lipinski definition) is 1. The summed E-state index contributed by atoms with van der Waals surface area (Å²) in [6.07, 6.45) is 4.39. The Labute approximate surface area is 178 Å². The maximum absolute atomic E-state index is 12.7. The highest BCUT2D eigenvalue weighted by molar-refractivity contribution is 7.13. The molecule has 0 saturated carbocycles. The second kappa shape index (κ2) is 8.31. The topological polar surface area (TPSA) is 102 Å². The highest BCUT2D eigenvalue weighted by atomic mass is 32.1. The molecule has 4 heterocycles. The number of hydrogen-bond acceptors (Lipinski definition) is 8. The Morgan fingerprint density at radius 2 is 2.13 bits per heavy atom. The summed E-state index contributed by atoms with van der Waals surface area (Å²) in [5.74, 6) is 1.58. The lowest BCUT2D eigenvalue weighted by Gasteiger charge is -2.15. The van der Waals surface area contributed by atoms with Crippen molar-refractivity contribution in [3.63, 3.8) is 0 Å². The molecule has 1 fully saturated rings. The van der Waals surface area contributed by atoms with Gasteiger partial charge in [0.15, 0.2) is 0 Å². The number of anilines is 2. The minimum absolute atomic E-state index is 0.0122. The van der Waals surface area contributed by atoms with Crippen LogP contribution < -0.4 is 5.32 Å². The molecule has 3 aromatic heterocycles. The van der Waals surface area contributed by atoms with Crippen molar-refractivity contribution < 1.29 is 4.79 Å². The molecule has 1 saturated heterocycles. The van der Waals surface area contributed by atoms with Crippen molar-refractivity contribution in [1.82, 2.24) is 34.8 Å². The van der Waals surface area contributed by atoms with E-state index in [2.05, 4.69) is 30.6 Å². The molecule has 10 heteroatoms.